The molecule has 0 unspecified atom stereocenters. The molecule has 1 aliphatic rings. The summed E-state index contributed by atoms with van der Waals surface area (Å²) in [5.41, 5.74) is 6.70. The van der Waals surface area contributed by atoms with E-state index in [0.29, 0.717) is 40.9 Å². The second kappa shape index (κ2) is 9.51. The van der Waals surface area contributed by atoms with E-state index in [-0.39, 0.29) is 12.3 Å². The fourth-order valence-electron chi connectivity index (χ4n) is 3.02. The molecule has 10 heteroatoms. The number of amides is 3. The molecule has 0 fully saturated rings. The molecular formula is C19H20ClN3O4S2. The predicted molar refractivity (Wildman–Crippen MR) is 115 cm³/mol. The molecule has 29 heavy (non-hydrogen) atoms. The summed E-state index contributed by atoms with van der Waals surface area (Å²) in [6.45, 7) is 0.761. The first kappa shape index (κ1) is 21.5. The summed E-state index contributed by atoms with van der Waals surface area (Å²) in [5.74, 6) is -0.196. The van der Waals surface area contributed by atoms with Crippen molar-refractivity contribution >= 4 is 57.6 Å². The van der Waals surface area contributed by atoms with Crippen LogP contribution in [0.15, 0.2) is 29.2 Å². The molecule has 2 aromatic rings. The summed E-state index contributed by atoms with van der Waals surface area (Å²) in [6.07, 6.45) is 0.346. The fourth-order valence-corrected chi connectivity index (χ4v) is 5.28. The Labute approximate surface area is 181 Å². The number of rotatable bonds is 6. The van der Waals surface area contributed by atoms with Crippen LogP contribution in [0.25, 0.3) is 0 Å². The third-order valence-electron chi connectivity index (χ3n) is 4.40. The van der Waals surface area contributed by atoms with Gasteiger partial charge in [-0.25, -0.2) is 4.79 Å². The number of thioether (sulfide) groups is 1. The van der Waals surface area contributed by atoms with Crippen LogP contribution in [0.2, 0.25) is 5.02 Å². The number of carbonyl (C=O) groups excluding carboxylic acids is 3. The number of hydrogen-bond acceptors (Lipinski definition) is 6. The number of carbonyl (C=O) groups is 3. The number of ether oxygens (including phenoxy) is 1. The number of anilines is 1. The summed E-state index contributed by atoms with van der Waals surface area (Å²) >= 11 is 8.69. The number of methoxy groups -OCH3 is 1. The van der Waals surface area contributed by atoms with E-state index in [1.807, 2.05) is 12.1 Å². The molecule has 0 radical (unpaired) electrons. The van der Waals surface area contributed by atoms with E-state index in [1.54, 1.807) is 28.8 Å². The Hall–Kier alpha value is -2.23. The van der Waals surface area contributed by atoms with Crippen LogP contribution in [0.1, 0.15) is 27.2 Å². The Balaban J connectivity index is 1.64. The van der Waals surface area contributed by atoms with Crippen molar-refractivity contribution in [1.29, 1.82) is 0 Å². The van der Waals surface area contributed by atoms with E-state index in [0.717, 1.165) is 15.3 Å². The minimum Gasteiger partial charge on any atom is -0.453 e. The first-order chi connectivity index (χ1) is 13.9. The van der Waals surface area contributed by atoms with Crippen LogP contribution in [0.4, 0.5) is 9.80 Å². The summed E-state index contributed by atoms with van der Waals surface area (Å²) in [4.78, 5) is 39.6. The number of halogens is 1. The van der Waals surface area contributed by atoms with E-state index in [2.05, 4.69) is 5.32 Å². The summed E-state index contributed by atoms with van der Waals surface area (Å²) in [6, 6.07) is 7.40. The van der Waals surface area contributed by atoms with Crippen molar-refractivity contribution in [2.45, 2.75) is 24.3 Å². The Morgan fingerprint density at radius 2 is 2.03 bits per heavy atom. The molecule has 3 rings (SSSR count). The standard InChI is InChI=1S/C19H20ClN3O4S2/c1-27-19(26)23-8-6-13-14(10-23)29-18(16(13)17(21)25)22-15(24)7-9-28-12-4-2-11(20)3-5-12/h2-5H,6-10H2,1H3,(H2,21,25)(H,22,24). The minimum atomic E-state index is -0.583. The van der Waals surface area contributed by atoms with E-state index < -0.39 is 12.0 Å². The fraction of sp³-hybridized carbons (Fsp3) is 0.316. The van der Waals surface area contributed by atoms with Gasteiger partial charge in [-0.3, -0.25) is 9.59 Å². The molecule has 154 valence electrons. The number of nitrogens with two attached hydrogens (primary N) is 1. The minimum absolute atomic E-state index is 0.197. The van der Waals surface area contributed by atoms with Crippen molar-refractivity contribution in [3.8, 4) is 0 Å². The number of nitrogens with one attached hydrogen (secondary N) is 1. The lowest BCUT2D eigenvalue weighted by molar-refractivity contribution is -0.115. The third-order valence-corrected chi connectivity index (χ3v) is 6.80. The van der Waals surface area contributed by atoms with Gasteiger partial charge in [0.05, 0.1) is 19.2 Å². The Morgan fingerprint density at radius 1 is 1.31 bits per heavy atom. The molecule has 1 aliphatic heterocycles. The van der Waals surface area contributed by atoms with Gasteiger partial charge in [0.25, 0.3) is 5.91 Å². The van der Waals surface area contributed by atoms with Crippen LogP contribution in [0.3, 0.4) is 0 Å². The van der Waals surface area contributed by atoms with E-state index in [9.17, 15) is 14.4 Å². The molecule has 0 spiro atoms. The van der Waals surface area contributed by atoms with Crippen LogP contribution < -0.4 is 11.1 Å². The van der Waals surface area contributed by atoms with Gasteiger partial charge in [-0.15, -0.1) is 23.1 Å². The largest absolute Gasteiger partial charge is 0.453 e. The molecule has 0 bridgehead atoms. The maximum Gasteiger partial charge on any atom is 0.409 e. The number of thiophene rings is 1. The van der Waals surface area contributed by atoms with Crippen LogP contribution in [-0.2, 0) is 22.5 Å². The average molecular weight is 454 g/mol. The van der Waals surface area contributed by atoms with Gasteiger partial charge in [0, 0.05) is 33.5 Å². The van der Waals surface area contributed by atoms with E-state index >= 15 is 0 Å². The highest BCUT2D eigenvalue weighted by atomic mass is 35.5. The number of hydrogen-bond donors (Lipinski definition) is 2. The lowest BCUT2D eigenvalue weighted by Gasteiger charge is -2.25. The monoisotopic (exact) mass is 453 g/mol. The summed E-state index contributed by atoms with van der Waals surface area (Å²) in [7, 11) is 1.33. The van der Waals surface area contributed by atoms with Crippen LogP contribution >= 0.6 is 34.7 Å². The van der Waals surface area contributed by atoms with Crippen molar-refractivity contribution in [2.24, 2.45) is 5.73 Å². The molecule has 2 heterocycles. The predicted octanol–water partition coefficient (Wildman–Crippen LogP) is 3.75. The molecule has 3 amide bonds. The average Bonchev–Trinajstić information content (AvgIpc) is 3.05. The zero-order valence-electron chi connectivity index (χ0n) is 15.7. The van der Waals surface area contributed by atoms with Crippen molar-refractivity contribution in [2.75, 3.05) is 24.7 Å². The van der Waals surface area contributed by atoms with Gasteiger partial charge < -0.3 is 20.7 Å². The number of nitrogens with zero attached hydrogens (tertiary/aromatic N) is 1. The summed E-state index contributed by atoms with van der Waals surface area (Å²) in [5, 5.41) is 3.92. The first-order valence-electron chi connectivity index (χ1n) is 8.84. The number of fused-ring (bicyclic) bond motifs is 1. The topological polar surface area (TPSA) is 102 Å². The summed E-state index contributed by atoms with van der Waals surface area (Å²) < 4.78 is 4.76. The third kappa shape index (κ3) is 5.23. The van der Waals surface area contributed by atoms with E-state index in [1.165, 1.54) is 18.4 Å². The quantitative estimate of drug-likeness (QED) is 0.648. The molecule has 3 N–H and O–H groups in total. The highest BCUT2D eigenvalue weighted by molar-refractivity contribution is 7.99. The maximum atomic E-state index is 12.4. The van der Waals surface area contributed by atoms with Crippen LogP contribution in [0.5, 0.6) is 0 Å². The second-order valence-corrected chi connectivity index (χ2v) is 9.02. The van der Waals surface area contributed by atoms with Crippen LogP contribution in [0, 0.1) is 0 Å². The number of benzene rings is 1. The van der Waals surface area contributed by atoms with Gasteiger partial charge in [0.15, 0.2) is 0 Å². The smallest absolute Gasteiger partial charge is 0.409 e. The molecule has 1 aromatic heterocycles. The highest BCUT2D eigenvalue weighted by Crippen LogP contribution is 2.37. The molecule has 0 saturated carbocycles. The van der Waals surface area contributed by atoms with Crippen molar-refractivity contribution in [3.05, 3.63) is 45.3 Å². The van der Waals surface area contributed by atoms with Gasteiger partial charge in [-0.2, -0.15) is 0 Å². The van der Waals surface area contributed by atoms with E-state index in [4.69, 9.17) is 22.1 Å². The maximum absolute atomic E-state index is 12.4. The Morgan fingerprint density at radius 3 is 2.69 bits per heavy atom. The second-order valence-electron chi connectivity index (χ2n) is 6.31. The molecule has 0 aliphatic carbocycles. The van der Waals surface area contributed by atoms with Crippen molar-refractivity contribution in [1.82, 2.24) is 4.90 Å². The molecule has 0 atom stereocenters. The van der Waals surface area contributed by atoms with Gasteiger partial charge in [-0.05, 0) is 36.2 Å². The highest BCUT2D eigenvalue weighted by Gasteiger charge is 2.29. The number of primary amides is 1. The van der Waals surface area contributed by atoms with Gasteiger partial charge in [0.1, 0.15) is 5.00 Å². The first-order valence-corrected chi connectivity index (χ1v) is 11.0. The molecule has 1 aromatic carbocycles. The zero-order chi connectivity index (χ0) is 21.0. The molecular weight excluding hydrogens is 434 g/mol. The normalized spacial score (nSPS) is 13.0. The lowest BCUT2D eigenvalue weighted by atomic mass is 10.0. The zero-order valence-corrected chi connectivity index (χ0v) is 18.1. The molecule has 0 saturated heterocycles. The van der Waals surface area contributed by atoms with Crippen molar-refractivity contribution < 1.29 is 19.1 Å². The van der Waals surface area contributed by atoms with Crippen molar-refractivity contribution in [3.63, 3.8) is 0 Å². The van der Waals surface area contributed by atoms with Gasteiger partial charge in [-0.1, -0.05) is 11.6 Å². The molecule has 7 nitrogen and oxygen atoms in total. The SMILES string of the molecule is COC(=O)N1CCc2c(sc(NC(=O)CCSc3ccc(Cl)cc3)c2C(N)=O)C1. The van der Waals surface area contributed by atoms with Gasteiger partial charge in [0.2, 0.25) is 5.91 Å². The van der Waals surface area contributed by atoms with Crippen LogP contribution in [-0.4, -0.2) is 42.2 Å². The Bertz CT molecular complexity index is 930. The Kier molecular flexibility index (Phi) is 7.05. The van der Waals surface area contributed by atoms with Gasteiger partial charge >= 0.3 is 6.09 Å². The lowest BCUT2D eigenvalue weighted by Crippen LogP contribution is -2.35.